The number of hydrogen-bond acceptors (Lipinski definition) is 8. The summed E-state index contributed by atoms with van der Waals surface area (Å²) < 4.78 is 5.44. The first-order valence-electron chi connectivity index (χ1n) is 7.33. The lowest BCUT2D eigenvalue weighted by atomic mass is 10.1. The molecule has 0 atom stereocenters. The number of carbonyl (C=O) groups excluding carboxylic acids is 2. The highest BCUT2D eigenvalue weighted by molar-refractivity contribution is 8.01. The van der Waals surface area contributed by atoms with Gasteiger partial charge in [-0.15, -0.1) is 22.6 Å². The molecule has 136 valence electrons. The van der Waals surface area contributed by atoms with Gasteiger partial charge in [-0.25, -0.2) is 0 Å². The summed E-state index contributed by atoms with van der Waals surface area (Å²) in [5, 5.41) is 10.9. The number of esters is 1. The number of nitrogens with one attached hydrogen (secondary N) is 1. The Labute approximate surface area is 160 Å². The normalized spacial score (nSPS) is 9.96. The third-order valence-electron chi connectivity index (χ3n) is 2.95. The second-order valence-electron chi connectivity index (χ2n) is 4.71. The fourth-order valence-electron chi connectivity index (χ4n) is 1.83. The Kier molecular flexibility index (Phi) is 9.25. The van der Waals surface area contributed by atoms with Crippen LogP contribution < -0.4 is 11.1 Å². The van der Waals surface area contributed by atoms with Crippen molar-refractivity contribution in [3.63, 3.8) is 0 Å². The Morgan fingerprint density at radius 3 is 2.80 bits per heavy atom. The number of para-hydroxylation sites is 1. The van der Waals surface area contributed by atoms with Crippen LogP contribution in [-0.4, -0.2) is 34.4 Å². The Hall–Kier alpha value is -1.84. The van der Waals surface area contributed by atoms with E-state index in [1.54, 1.807) is 6.92 Å². The molecule has 0 unspecified atom stereocenters. The highest BCUT2D eigenvalue weighted by atomic mass is 35.5. The summed E-state index contributed by atoms with van der Waals surface area (Å²) in [6.07, 6.45) is 0.862. The van der Waals surface area contributed by atoms with Gasteiger partial charge in [-0.05, 0) is 25.0 Å². The van der Waals surface area contributed by atoms with Gasteiger partial charge in [-0.2, -0.15) is 0 Å². The molecule has 0 aliphatic carbocycles. The molecule has 1 aromatic heterocycles. The van der Waals surface area contributed by atoms with E-state index in [0.29, 0.717) is 34.6 Å². The topological polar surface area (TPSA) is 107 Å². The number of nitrogen functional groups attached to an aromatic ring is 1. The minimum Gasteiger partial charge on any atom is -0.465 e. The number of nitrogens with zero attached hydrogens (tertiary/aromatic N) is 2. The fraction of sp³-hybridized carbons (Fsp3) is 0.333. The molecule has 2 rings (SSSR count). The molecule has 25 heavy (non-hydrogen) atoms. The number of aromatic nitrogens is 2. The predicted molar refractivity (Wildman–Crippen MR) is 102 cm³/mol. The van der Waals surface area contributed by atoms with Crippen molar-refractivity contribution in [1.29, 1.82) is 0 Å². The Morgan fingerprint density at radius 1 is 1.32 bits per heavy atom. The molecule has 0 aliphatic rings. The zero-order chi connectivity index (χ0) is 17.4. The van der Waals surface area contributed by atoms with Gasteiger partial charge in [0.05, 0.1) is 12.4 Å². The summed E-state index contributed by atoms with van der Waals surface area (Å²) in [7, 11) is 0. The first kappa shape index (κ1) is 21.2. The van der Waals surface area contributed by atoms with Crippen LogP contribution in [0.15, 0.2) is 28.6 Å². The van der Waals surface area contributed by atoms with Crippen molar-refractivity contribution in [3.05, 3.63) is 29.8 Å². The van der Waals surface area contributed by atoms with Gasteiger partial charge in [-0.1, -0.05) is 41.3 Å². The molecular weight excluding hydrogens is 384 g/mol. The maximum Gasteiger partial charge on any atom is 0.316 e. The van der Waals surface area contributed by atoms with Gasteiger partial charge >= 0.3 is 5.97 Å². The smallest absolute Gasteiger partial charge is 0.316 e. The Balaban J connectivity index is 0.00000312. The SMILES string of the molecule is CCOC(=O)CSc1nnc(NC(=O)CCc2ccccc2N)s1.Cl. The fourth-order valence-corrected chi connectivity index (χ4v) is 3.40. The van der Waals surface area contributed by atoms with E-state index in [0.717, 1.165) is 5.56 Å². The lowest BCUT2D eigenvalue weighted by molar-refractivity contribution is -0.139. The predicted octanol–water partition coefficient (Wildman–Crippen LogP) is 2.77. The van der Waals surface area contributed by atoms with Crippen LogP contribution in [0.3, 0.4) is 0 Å². The standard InChI is InChI=1S/C15H18N4O3S2.ClH/c1-2-22-13(21)9-23-15-19-18-14(24-15)17-12(20)8-7-10-5-3-4-6-11(10)16;/h3-6H,2,7-9,16H2,1H3,(H,17,18,20);1H. The minimum absolute atomic E-state index is 0. The first-order chi connectivity index (χ1) is 11.6. The number of benzene rings is 1. The Bertz CT molecular complexity index is 712. The summed E-state index contributed by atoms with van der Waals surface area (Å²) in [6, 6.07) is 7.46. The number of thioether (sulfide) groups is 1. The highest BCUT2D eigenvalue weighted by Gasteiger charge is 2.11. The number of anilines is 2. The van der Waals surface area contributed by atoms with Crippen molar-refractivity contribution in [2.24, 2.45) is 0 Å². The summed E-state index contributed by atoms with van der Waals surface area (Å²) in [5.74, 6) is -0.288. The molecule has 10 heteroatoms. The molecule has 7 nitrogen and oxygen atoms in total. The summed E-state index contributed by atoms with van der Waals surface area (Å²) in [4.78, 5) is 23.2. The third-order valence-corrected chi connectivity index (χ3v) is 4.89. The lowest BCUT2D eigenvalue weighted by Crippen LogP contribution is -2.12. The van der Waals surface area contributed by atoms with Gasteiger partial charge in [0.25, 0.3) is 0 Å². The molecular formula is C15H19ClN4O3S2. The van der Waals surface area contributed by atoms with Crippen molar-refractivity contribution in [2.75, 3.05) is 23.4 Å². The summed E-state index contributed by atoms with van der Waals surface area (Å²) in [5.41, 5.74) is 7.47. The van der Waals surface area contributed by atoms with E-state index < -0.39 is 0 Å². The van der Waals surface area contributed by atoms with Gasteiger partial charge in [0.2, 0.25) is 11.0 Å². The van der Waals surface area contributed by atoms with E-state index in [-0.39, 0.29) is 30.0 Å². The van der Waals surface area contributed by atoms with Crippen LogP contribution in [0.5, 0.6) is 0 Å². The zero-order valence-electron chi connectivity index (χ0n) is 13.6. The maximum absolute atomic E-state index is 12.0. The highest BCUT2D eigenvalue weighted by Crippen LogP contribution is 2.25. The van der Waals surface area contributed by atoms with Crippen LogP contribution >= 0.6 is 35.5 Å². The van der Waals surface area contributed by atoms with Crippen LogP contribution in [0.25, 0.3) is 0 Å². The first-order valence-corrected chi connectivity index (χ1v) is 9.14. The van der Waals surface area contributed by atoms with Crippen LogP contribution in [0.2, 0.25) is 0 Å². The van der Waals surface area contributed by atoms with Crippen molar-refractivity contribution in [3.8, 4) is 0 Å². The number of hydrogen-bond donors (Lipinski definition) is 2. The molecule has 0 fully saturated rings. The van der Waals surface area contributed by atoms with Crippen LogP contribution in [0.4, 0.5) is 10.8 Å². The maximum atomic E-state index is 12.0. The second kappa shape index (κ2) is 10.9. The summed E-state index contributed by atoms with van der Waals surface area (Å²) in [6.45, 7) is 2.10. The number of ether oxygens (including phenoxy) is 1. The van der Waals surface area contributed by atoms with Crippen molar-refractivity contribution in [2.45, 2.75) is 24.1 Å². The van der Waals surface area contributed by atoms with Gasteiger partial charge in [0.1, 0.15) is 0 Å². The summed E-state index contributed by atoms with van der Waals surface area (Å²) >= 11 is 2.45. The third kappa shape index (κ3) is 7.29. The number of rotatable bonds is 8. The van der Waals surface area contributed by atoms with E-state index >= 15 is 0 Å². The van der Waals surface area contributed by atoms with Crippen molar-refractivity contribution < 1.29 is 14.3 Å². The second-order valence-corrected chi connectivity index (χ2v) is 6.91. The van der Waals surface area contributed by atoms with Crippen molar-refractivity contribution >= 4 is 58.2 Å². The number of carbonyl (C=O) groups is 2. The van der Waals surface area contributed by atoms with Gasteiger partial charge < -0.3 is 15.8 Å². The molecule has 0 spiro atoms. The lowest BCUT2D eigenvalue weighted by Gasteiger charge is -2.04. The van der Waals surface area contributed by atoms with Gasteiger partial charge in [-0.3, -0.25) is 9.59 Å². The monoisotopic (exact) mass is 402 g/mol. The number of aryl methyl sites for hydroxylation is 1. The molecule has 0 saturated carbocycles. The van der Waals surface area contributed by atoms with E-state index in [4.69, 9.17) is 10.5 Å². The van der Waals surface area contributed by atoms with E-state index in [1.807, 2.05) is 24.3 Å². The zero-order valence-corrected chi connectivity index (χ0v) is 16.0. The van der Waals surface area contributed by atoms with Crippen LogP contribution in [0, 0.1) is 0 Å². The molecule has 0 radical (unpaired) electrons. The Morgan fingerprint density at radius 2 is 2.08 bits per heavy atom. The largest absolute Gasteiger partial charge is 0.465 e. The number of halogens is 1. The molecule has 3 N–H and O–H groups in total. The average Bonchev–Trinajstić information content (AvgIpc) is 3.00. The molecule has 0 saturated heterocycles. The molecule has 0 bridgehead atoms. The minimum atomic E-state index is -0.302. The van der Waals surface area contributed by atoms with Gasteiger partial charge in [0, 0.05) is 12.1 Å². The number of nitrogens with two attached hydrogens (primary N) is 1. The molecule has 1 heterocycles. The van der Waals surface area contributed by atoms with Crippen LogP contribution in [0.1, 0.15) is 18.9 Å². The molecule has 0 aliphatic heterocycles. The van der Waals surface area contributed by atoms with Crippen molar-refractivity contribution in [1.82, 2.24) is 10.2 Å². The van der Waals surface area contributed by atoms with E-state index in [2.05, 4.69) is 15.5 Å². The van der Waals surface area contributed by atoms with Crippen LogP contribution in [-0.2, 0) is 20.7 Å². The average molecular weight is 403 g/mol. The molecule has 2 aromatic rings. The van der Waals surface area contributed by atoms with Gasteiger partial charge in [0.15, 0.2) is 4.34 Å². The van der Waals surface area contributed by atoms with E-state index in [1.165, 1.54) is 23.1 Å². The molecule has 1 amide bonds. The van der Waals surface area contributed by atoms with E-state index in [9.17, 15) is 9.59 Å². The number of amides is 1. The quantitative estimate of drug-likeness (QED) is 0.302. The molecule has 1 aromatic carbocycles.